The predicted molar refractivity (Wildman–Crippen MR) is 74.7 cm³/mol. The fourth-order valence-electron chi connectivity index (χ4n) is 2.09. The van der Waals surface area contributed by atoms with Gasteiger partial charge in [0.1, 0.15) is 11.6 Å². The molecule has 0 amide bonds. The Morgan fingerprint density at radius 2 is 1.95 bits per heavy atom. The second-order valence-electron chi connectivity index (χ2n) is 5.56. The molecule has 2 aromatic rings. The number of alkyl halides is 1. The van der Waals surface area contributed by atoms with Crippen LogP contribution in [0.25, 0.3) is 11.4 Å². The smallest absolute Gasteiger partial charge is 0.167 e. The molecule has 102 valence electrons. The largest absolute Gasteiger partial charge is 0.305 e. The van der Waals surface area contributed by atoms with Crippen molar-refractivity contribution in [1.82, 2.24) is 14.8 Å². The van der Waals surface area contributed by atoms with E-state index in [1.807, 2.05) is 32.3 Å². The molecule has 5 heteroatoms. The third kappa shape index (κ3) is 2.63. The molecule has 0 spiro atoms. The summed E-state index contributed by atoms with van der Waals surface area (Å²) < 4.78 is 15.9. The fourth-order valence-corrected chi connectivity index (χ4v) is 2.27. The maximum Gasteiger partial charge on any atom is 0.167 e. The van der Waals surface area contributed by atoms with Crippen LogP contribution in [0.5, 0.6) is 0 Å². The standard InChI is InChI=1S/C14H17ClFN3/c1-9-5-6-11(16)10(7-9)13-18-17-12(8-15)19(13)14(2,3)4/h5-7H,8H2,1-4H3. The van der Waals surface area contributed by atoms with Crippen molar-refractivity contribution in [3.63, 3.8) is 0 Å². The van der Waals surface area contributed by atoms with Crippen LogP contribution in [0.2, 0.25) is 0 Å². The van der Waals surface area contributed by atoms with Gasteiger partial charge in [0.05, 0.1) is 11.4 Å². The van der Waals surface area contributed by atoms with Gasteiger partial charge in [-0.25, -0.2) is 4.39 Å². The van der Waals surface area contributed by atoms with Crippen LogP contribution in [0.4, 0.5) is 4.39 Å². The highest BCUT2D eigenvalue weighted by Crippen LogP contribution is 2.29. The average molecular weight is 282 g/mol. The van der Waals surface area contributed by atoms with E-state index in [4.69, 9.17) is 11.6 Å². The van der Waals surface area contributed by atoms with Crippen molar-refractivity contribution < 1.29 is 4.39 Å². The van der Waals surface area contributed by atoms with Crippen LogP contribution in [0, 0.1) is 12.7 Å². The van der Waals surface area contributed by atoms with Crippen molar-refractivity contribution in [1.29, 1.82) is 0 Å². The number of halogens is 2. The lowest BCUT2D eigenvalue weighted by Crippen LogP contribution is -2.25. The third-order valence-electron chi connectivity index (χ3n) is 2.88. The van der Waals surface area contributed by atoms with Crippen LogP contribution in [-0.2, 0) is 11.4 Å². The normalized spacial score (nSPS) is 11.9. The van der Waals surface area contributed by atoms with Crippen LogP contribution >= 0.6 is 11.6 Å². The SMILES string of the molecule is Cc1ccc(F)c(-c2nnc(CCl)n2C(C)(C)C)c1. The van der Waals surface area contributed by atoms with Crippen LogP contribution in [0.15, 0.2) is 18.2 Å². The van der Waals surface area contributed by atoms with Crippen molar-refractivity contribution in [3.8, 4) is 11.4 Å². The van der Waals surface area contributed by atoms with Gasteiger partial charge in [0, 0.05) is 5.54 Å². The molecule has 1 aromatic carbocycles. The summed E-state index contributed by atoms with van der Waals surface area (Å²) in [5.74, 6) is 1.11. The zero-order chi connectivity index (χ0) is 14.2. The Morgan fingerprint density at radius 3 is 2.53 bits per heavy atom. The molecule has 0 atom stereocenters. The van der Waals surface area contributed by atoms with Crippen LogP contribution in [-0.4, -0.2) is 14.8 Å². The van der Waals surface area contributed by atoms with E-state index < -0.39 is 0 Å². The van der Waals surface area contributed by atoms with Gasteiger partial charge in [-0.2, -0.15) is 0 Å². The van der Waals surface area contributed by atoms with E-state index in [1.165, 1.54) is 6.07 Å². The second kappa shape index (κ2) is 4.93. The zero-order valence-corrected chi connectivity index (χ0v) is 12.3. The topological polar surface area (TPSA) is 30.7 Å². The number of benzene rings is 1. The zero-order valence-electron chi connectivity index (χ0n) is 11.5. The van der Waals surface area contributed by atoms with Crippen molar-refractivity contribution in [2.24, 2.45) is 0 Å². The first kappa shape index (κ1) is 14.0. The van der Waals surface area contributed by atoms with Gasteiger partial charge < -0.3 is 4.57 Å². The lowest BCUT2D eigenvalue weighted by atomic mass is 10.1. The van der Waals surface area contributed by atoms with Gasteiger partial charge in [-0.3, -0.25) is 0 Å². The molecule has 0 saturated heterocycles. The summed E-state index contributed by atoms with van der Waals surface area (Å²) in [7, 11) is 0. The van der Waals surface area contributed by atoms with E-state index in [9.17, 15) is 4.39 Å². The molecule has 0 N–H and O–H groups in total. The fraction of sp³-hybridized carbons (Fsp3) is 0.429. The van der Waals surface area contributed by atoms with E-state index in [0.29, 0.717) is 17.2 Å². The second-order valence-corrected chi connectivity index (χ2v) is 5.83. The predicted octanol–water partition coefficient (Wildman–Crippen LogP) is 3.89. The number of hydrogen-bond donors (Lipinski definition) is 0. The molecule has 1 aromatic heterocycles. The summed E-state index contributed by atoms with van der Waals surface area (Å²) in [6, 6.07) is 4.96. The molecular formula is C14H17ClFN3. The van der Waals surface area contributed by atoms with E-state index in [2.05, 4.69) is 10.2 Å². The highest BCUT2D eigenvalue weighted by Gasteiger charge is 2.24. The van der Waals surface area contributed by atoms with Crippen molar-refractivity contribution in [2.45, 2.75) is 39.1 Å². The minimum absolute atomic E-state index is 0.248. The Bertz CT molecular complexity index is 599. The number of aromatic nitrogens is 3. The van der Waals surface area contributed by atoms with Gasteiger partial charge in [0.15, 0.2) is 5.82 Å². The van der Waals surface area contributed by atoms with Gasteiger partial charge in [-0.15, -0.1) is 21.8 Å². The van der Waals surface area contributed by atoms with Gasteiger partial charge in [0.25, 0.3) is 0 Å². The molecule has 0 aliphatic rings. The summed E-state index contributed by atoms with van der Waals surface area (Å²) in [5.41, 5.74) is 1.17. The third-order valence-corrected chi connectivity index (χ3v) is 3.12. The average Bonchev–Trinajstić information content (AvgIpc) is 2.75. The summed E-state index contributed by atoms with van der Waals surface area (Å²) in [6.45, 7) is 7.97. The Morgan fingerprint density at radius 1 is 1.26 bits per heavy atom. The number of nitrogens with zero attached hydrogens (tertiary/aromatic N) is 3. The number of aryl methyl sites for hydroxylation is 1. The van der Waals surface area contributed by atoms with Crippen LogP contribution < -0.4 is 0 Å². The molecular weight excluding hydrogens is 265 g/mol. The molecule has 0 unspecified atom stereocenters. The molecule has 0 radical (unpaired) electrons. The molecule has 19 heavy (non-hydrogen) atoms. The van der Waals surface area contributed by atoms with Gasteiger partial charge in [-0.05, 0) is 39.8 Å². The number of hydrogen-bond acceptors (Lipinski definition) is 2. The Balaban J connectivity index is 2.69. The van der Waals surface area contributed by atoms with E-state index >= 15 is 0 Å². The van der Waals surface area contributed by atoms with Gasteiger partial charge >= 0.3 is 0 Å². The van der Waals surface area contributed by atoms with E-state index in [1.54, 1.807) is 12.1 Å². The lowest BCUT2D eigenvalue weighted by Gasteiger charge is -2.24. The van der Waals surface area contributed by atoms with E-state index in [0.717, 1.165) is 5.56 Å². The molecule has 0 saturated carbocycles. The summed E-state index contributed by atoms with van der Waals surface area (Å²) >= 11 is 5.89. The maximum atomic E-state index is 14.0. The van der Waals surface area contributed by atoms with E-state index in [-0.39, 0.29) is 17.2 Å². The molecule has 0 fully saturated rings. The highest BCUT2D eigenvalue weighted by atomic mass is 35.5. The Labute approximate surface area is 117 Å². The van der Waals surface area contributed by atoms with Gasteiger partial charge in [0.2, 0.25) is 0 Å². The summed E-state index contributed by atoms with van der Waals surface area (Å²) in [4.78, 5) is 0. The quantitative estimate of drug-likeness (QED) is 0.782. The summed E-state index contributed by atoms with van der Waals surface area (Å²) in [5, 5.41) is 8.18. The Kier molecular flexibility index (Phi) is 3.63. The highest BCUT2D eigenvalue weighted by molar-refractivity contribution is 6.16. The first-order valence-corrected chi connectivity index (χ1v) is 6.65. The molecule has 3 nitrogen and oxygen atoms in total. The first-order chi connectivity index (χ1) is 8.84. The van der Waals surface area contributed by atoms with Crippen molar-refractivity contribution in [3.05, 3.63) is 35.4 Å². The molecule has 0 aliphatic heterocycles. The van der Waals surface area contributed by atoms with Gasteiger partial charge in [-0.1, -0.05) is 11.6 Å². The van der Waals surface area contributed by atoms with Crippen molar-refractivity contribution >= 4 is 11.6 Å². The lowest BCUT2D eigenvalue weighted by molar-refractivity contribution is 0.389. The maximum absolute atomic E-state index is 14.0. The minimum Gasteiger partial charge on any atom is -0.305 e. The van der Waals surface area contributed by atoms with Crippen LogP contribution in [0.1, 0.15) is 32.2 Å². The molecule has 0 bridgehead atoms. The minimum atomic E-state index is -0.301. The summed E-state index contributed by atoms with van der Waals surface area (Å²) in [6.07, 6.45) is 0. The monoisotopic (exact) mass is 281 g/mol. The van der Waals surface area contributed by atoms with Crippen LogP contribution in [0.3, 0.4) is 0 Å². The molecule has 0 aliphatic carbocycles. The molecule has 1 heterocycles. The number of rotatable bonds is 2. The Hall–Kier alpha value is -1.42. The molecule has 2 rings (SSSR count). The van der Waals surface area contributed by atoms with Crippen molar-refractivity contribution in [2.75, 3.05) is 0 Å². The first-order valence-electron chi connectivity index (χ1n) is 6.12.